The van der Waals surface area contributed by atoms with E-state index in [0.717, 1.165) is 31.0 Å². The van der Waals surface area contributed by atoms with Gasteiger partial charge in [0, 0.05) is 18.7 Å². The molecule has 0 aromatic heterocycles. The number of allylic oxidation sites excluding steroid dienone is 1. The Morgan fingerprint density at radius 2 is 1.65 bits per heavy atom. The summed E-state index contributed by atoms with van der Waals surface area (Å²) in [6.45, 7) is 28.3. The molecule has 2 aromatic rings. The molecule has 3 rings (SSSR count). The van der Waals surface area contributed by atoms with Crippen LogP contribution >= 0.6 is 0 Å². The molecule has 204 valence electrons. The van der Waals surface area contributed by atoms with Crippen LogP contribution in [0.25, 0.3) is 11.1 Å². The molecule has 1 aliphatic rings. The second-order valence-electron chi connectivity index (χ2n) is 10.5. The van der Waals surface area contributed by atoms with Gasteiger partial charge >= 0.3 is 0 Å². The van der Waals surface area contributed by atoms with E-state index in [1.165, 1.54) is 53.5 Å². The lowest BCUT2D eigenvalue weighted by molar-refractivity contribution is 0.429. The lowest BCUT2D eigenvalue weighted by Gasteiger charge is -2.27. The van der Waals surface area contributed by atoms with Gasteiger partial charge in [0.25, 0.3) is 0 Å². The summed E-state index contributed by atoms with van der Waals surface area (Å²) in [7, 11) is 0. The average molecular weight is 503 g/mol. The Bertz CT molecular complexity index is 971. The van der Waals surface area contributed by atoms with Gasteiger partial charge in [0.05, 0.1) is 5.54 Å². The van der Waals surface area contributed by atoms with E-state index in [9.17, 15) is 0 Å². The Morgan fingerprint density at radius 1 is 1.00 bits per heavy atom. The normalized spacial score (nSPS) is 17.2. The Balaban J connectivity index is 0.000000446. The topological polar surface area (TPSA) is 24.1 Å². The standard InChI is InChI=1S/C23H27N.C10H21N.C2H6/c1-16(2)12-19-8-6-9-20(14-19)21-10-7-11-22(15-21)23(5)17(3)13-18(4)24-23;1-4-7-10(5-2)8-9-11-6-3;1-2/h6-11,14-16,24H,3-4,12-13H2,1-2,5H3;6,10-11H,3-5,7-9H2,1-2H3;1-2H3. The molecule has 1 saturated heterocycles. The highest BCUT2D eigenvalue weighted by Crippen LogP contribution is 2.39. The van der Waals surface area contributed by atoms with Crippen molar-refractivity contribution in [3.8, 4) is 11.1 Å². The summed E-state index contributed by atoms with van der Waals surface area (Å²) in [5.74, 6) is 1.58. The van der Waals surface area contributed by atoms with Crippen LogP contribution in [0.4, 0.5) is 0 Å². The molecule has 0 spiro atoms. The van der Waals surface area contributed by atoms with E-state index in [1.807, 2.05) is 13.8 Å². The van der Waals surface area contributed by atoms with Crippen molar-refractivity contribution in [2.45, 2.75) is 92.5 Å². The van der Waals surface area contributed by atoms with Crippen LogP contribution in [0.15, 0.2) is 85.7 Å². The van der Waals surface area contributed by atoms with E-state index >= 15 is 0 Å². The third-order valence-corrected chi connectivity index (χ3v) is 7.02. The average Bonchev–Trinajstić information content (AvgIpc) is 3.17. The molecule has 0 aliphatic carbocycles. The first-order valence-corrected chi connectivity index (χ1v) is 14.4. The smallest absolute Gasteiger partial charge is 0.0809 e. The van der Waals surface area contributed by atoms with Crippen LogP contribution in [0.5, 0.6) is 0 Å². The van der Waals surface area contributed by atoms with Gasteiger partial charge in [-0.3, -0.25) is 0 Å². The van der Waals surface area contributed by atoms with Crippen LogP contribution in [0, 0.1) is 11.8 Å². The molecule has 2 nitrogen and oxygen atoms in total. The van der Waals surface area contributed by atoms with Crippen molar-refractivity contribution in [3.05, 3.63) is 96.9 Å². The second kappa shape index (κ2) is 16.9. The number of hydrogen-bond acceptors (Lipinski definition) is 2. The molecule has 2 heteroatoms. The highest BCUT2D eigenvalue weighted by atomic mass is 15.0. The van der Waals surface area contributed by atoms with Crippen molar-refractivity contribution in [1.82, 2.24) is 10.6 Å². The van der Waals surface area contributed by atoms with Gasteiger partial charge in [0.1, 0.15) is 0 Å². The predicted molar refractivity (Wildman–Crippen MR) is 167 cm³/mol. The highest BCUT2D eigenvalue weighted by Gasteiger charge is 2.35. The maximum atomic E-state index is 4.26. The van der Waals surface area contributed by atoms with Gasteiger partial charge in [-0.05, 0) is 71.7 Å². The summed E-state index contributed by atoms with van der Waals surface area (Å²) in [6.07, 6.45) is 9.03. The van der Waals surface area contributed by atoms with Gasteiger partial charge in [0.15, 0.2) is 0 Å². The predicted octanol–water partition coefficient (Wildman–Crippen LogP) is 9.79. The van der Waals surface area contributed by atoms with Crippen LogP contribution < -0.4 is 10.6 Å². The Labute approximate surface area is 229 Å². The molecule has 2 N–H and O–H groups in total. The minimum atomic E-state index is -0.220. The van der Waals surface area contributed by atoms with E-state index in [-0.39, 0.29) is 5.54 Å². The van der Waals surface area contributed by atoms with Crippen molar-refractivity contribution >= 4 is 0 Å². The number of rotatable bonds is 11. The molecular formula is C35H54N2. The molecule has 2 unspecified atom stereocenters. The fourth-order valence-corrected chi connectivity index (χ4v) is 4.91. The van der Waals surface area contributed by atoms with Crippen LogP contribution in [0.3, 0.4) is 0 Å². The largest absolute Gasteiger partial charge is 0.391 e. The van der Waals surface area contributed by atoms with Gasteiger partial charge in [-0.2, -0.15) is 0 Å². The summed E-state index contributed by atoms with van der Waals surface area (Å²) in [5.41, 5.74) is 7.19. The summed E-state index contributed by atoms with van der Waals surface area (Å²) in [4.78, 5) is 0. The minimum absolute atomic E-state index is 0.220. The lowest BCUT2D eigenvalue weighted by atomic mass is 9.85. The van der Waals surface area contributed by atoms with E-state index in [1.54, 1.807) is 6.20 Å². The highest BCUT2D eigenvalue weighted by molar-refractivity contribution is 5.66. The van der Waals surface area contributed by atoms with E-state index in [2.05, 4.69) is 114 Å². The summed E-state index contributed by atoms with van der Waals surface area (Å²) in [5, 5.41) is 6.65. The fourth-order valence-electron chi connectivity index (χ4n) is 4.91. The van der Waals surface area contributed by atoms with E-state index < -0.39 is 0 Å². The van der Waals surface area contributed by atoms with Crippen molar-refractivity contribution in [3.63, 3.8) is 0 Å². The zero-order valence-corrected chi connectivity index (χ0v) is 24.9. The van der Waals surface area contributed by atoms with Gasteiger partial charge < -0.3 is 10.6 Å². The zero-order chi connectivity index (χ0) is 27.8. The van der Waals surface area contributed by atoms with Crippen LogP contribution in [-0.2, 0) is 12.0 Å². The molecule has 0 saturated carbocycles. The molecule has 2 atom stereocenters. The number of nitrogens with one attached hydrogen (secondary N) is 2. The Hall–Kier alpha value is -2.74. The Kier molecular flexibility index (Phi) is 14.7. The van der Waals surface area contributed by atoms with Gasteiger partial charge in [0.2, 0.25) is 0 Å². The molecule has 2 aromatic carbocycles. The third kappa shape index (κ3) is 10.3. The summed E-state index contributed by atoms with van der Waals surface area (Å²) < 4.78 is 0. The fraction of sp³-hybridized carbons (Fsp3) is 0.486. The van der Waals surface area contributed by atoms with Crippen LogP contribution in [0.1, 0.15) is 91.7 Å². The third-order valence-electron chi connectivity index (χ3n) is 7.02. The first kappa shape index (κ1) is 32.3. The monoisotopic (exact) mass is 502 g/mol. The maximum absolute atomic E-state index is 4.26. The number of benzene rings is 2. The van der Waals surface area contributed by atoms with Crippen molar-refractivity contribution in [2.75, 3.05) is 6.54 Å². The summed E-state index contributed by atoms with van der Waals surface area (Å²) in [6, 6.07) is 17.7. The molecular weight excluding hydrogens is 448 g/mol. The molecule has 1 heterocycles. The van der Waals surface area contributed by atoms with Crippen molar-refractivity contribution in [2.24, 2.45) is 11.8 Å². The molecule has 1 aliphatic heterocycles. The molecule has 0 radical (unpaired) electrons. The van der Waals surface area contributed by atoms with Crippen LogP contribution in [-0.4, -0.2) is 6.54 Å². The van der Waals surface area contributed by atoms with Gasteiger partial charge in [-0.15, -0.1) is 0 Å². The molecule has 1 fully saturated rings. The van der Waals surface area contributed by atoms with Crippen LogP contribution in [0.2, 0.25) is 0 Å². The second-order valence-corrected chi connectivity index (χ2v) is 10.5. The lowest BCUT2D eigenvalue weighted by Crippen LogP contribution is -2.33. The molecule has 37 heavy (non-hydrogen) atoms. The zero-order valence-electron chi connectivity index (χ0n) is 24.9. The van der Waals surface area contributed by atoms with Crippen molar-refractivity contribution in [1.29, 1.82) is 0 Å². The van der Waals surface area contributed by atoms with Gasteiger partial charge in [-0.25, -0.2) is 0 Å². The molecule has 0 amide bonds. The molecule has 0 bridgehead atoms. The first-order chi connectivity index (χ1) is 17.7. The quantitative estimate of drug-likeness (QED) is 0.236. The first-order valence-electron chi connectivity index (χ1n) is 14.4. The van der Waals surface area contributed by atoms with Crippen molar-refractivity contribution < 1.29 is 0 Å². The summed E-state index contributed by atoms with van der Waals surface area (Å²) >= 11 is 0. The van der Waals surface area contributed by atoms with Gasteiger partial charge in [-0.1, -0.05) is 123 Å². The Morgan fingerprint density at radius 3 is 2.19 bits per heavy atom. The maximum Gasteiger partial charge on any atom is 0.0809 e. The SMILES string of the molecule is C=C1CC(=C)C(C)(c2cccc(-c3cccc(CC(C)C)c3)c2)N1.C=CNCCC(CC)CCC.CC. The number of hydrogen-bond donors (Lipinski definition) is 2. The van der Waals surface area contributed by atoms with E-state index in [0.29, 0.717) is 5.92 Å². The minimum Gasteiger partial charge on any atom is -0.391 e. The van der Waals surface area contributed by atoms with E-state index in [4.69, 9.17) is 0 Å².